The Morgan fingerprint density at radius 1 is 0.840 bits per heavy atom. The number of fused-ring (bicyclic) bond motifs is 2. The summed E-state index contributed by atoms with van der Waals surface area (Å²) in [5.41, 5.74) is 6.82. The van der Waals surface area contributed by atoms with Gasteiger partial charge in [-0.3, -0.25) is 14.4 Å². The number of carbonyl (C=O) groups is 3. The summed E-state index contributed by atoms with van der Waals surface area (Å²) in [5, 5.41) is 5.53. The van der Waals surface area contributed by atoms with E-state index < -0.39 is 5.91 Å². The summed E-state index contributed by atoms with van der Waals surface area (Å²) in [6.45, 7) is 0. The second-order valence-electron chi connectivity index (χ2n) is 5.34. The van der Waals surface area contributed by atoms with Crippen LogP contribution in [0.4, 0.5) is 11.4 Å². The predicted octanol–water partition coefficient (Wildman–Crippen LogP) is 2.79. The highest BCUT2D eigenvalue weighted by molar-refractivity contribution is 8.08. The van der Waals surface area contributed by atoms with Crippen LogP contribution in [-0.2, 0) is 9.59 Å². The minimum Gasteiger partial charge on any atom is -0.366 e. The van der Waals surface area contributed by atoms with Gasteiger partial charge in [0, 0.05) is 15.4 Å². The molecule has 25 heavy (non-hydrogen) atoms. The largest absolute Gasteiger partial charge is 0.366 e. The van der Waals surface area contributed by atoms with Crippen LogP contribution < -0.4 is 16.4 Å². The van der Waals surface area contributed by atoms with Gasteiger partial charge in [-0.15, -0.1) is 0 Å². The number of benzene rings is 2. The molecule has 0 aromatic heterocycles. The van der Waals surface area contributed by atoms with E-state index in [1.54, 1.807) is 12.1 Å². The molecule has 2 aliphatic heterocycles. The van der Waals surface area contributed by atoms with E-state index in [0.717, 1.165) is 15.5 Å². The average Bonchev–Trinajstić information content (AvgIpc) is 2.60. The number of hydrogen-bond acceptors (Lipinski definition) is 5. The summed E-state index contributed by atoms with van der Waals surface area (Å²) in [6, 6.07) is 12.3. The Kier molecular flexibility index (Phi) is 3.78. The first-order valence-electron chi connectivity index (χ1n) is 7.28. The summed E-state index contributed by atoms with van der Waals surface area (Å²) in [6.07, 6.45) is 0. The molecule has 3 amide bonds. The molecule has 4 rings (SSSR count). The maximum Gasteiger partial charge on any atom is 0.263 e. The molecule has 6 nitrogen and oxygen atoms in total. The molecule has 0 unspecified atom stereocenters. The van der Waals surface area contributed by atoms with Crippen molar-refractivity contribution in [2.24, 2.45) is 5.73 Å². The highest BCUT2D eigenvalue weighted by atomic mass is 32.2. The molecule has 0 radical (unpaired) electrons. The standard InChI is InChI=1S/C17H11N3O3S2/c18-15(21)8-5-6-12-10(7-8)20-17(23)14(25-12)13-16(22)19-9-3-1-2-4-11(9)24-13/h1-7H,(H2,18,21)(H,19,22)(H,20,23)/b14-13+. The van der Waals surface area contributed by atoms with Crippen molar-refractivity contribution in [1.82, 2.24) is 0 Å². The Bertz CT molecular complexity index is 985. The molecule has 0 aliphatic carbocycles. The first-order valence-corrected chi connectivity index (χ1v) is 8.92. The minimum atomic E-state index is -0.565. The lowest BCUT2D eigenvalue weighted by Gasteiger charge is -2.24. The number of hydrogen-bond donors (Lipinski definition) is 3. The van der Waals surface area contributed by atoms with Crippen molar-refractivity contribution in [2.45, 2.75) is 9.79 Å². The van der Waals surface area contributed by atoms with Gasteiger partial charge in [0.15, 0.2) is 0 Å². The van der Waals surface area contributed by atoms with E-state index in [1.807, 2.05) is 24.3 Å². The molecule has 0 fully saturated rings. The lowest BCUT2D eigenvalue weighted by Crippen LogP contribution is -2.25. The van der Waals surface area contributed by atoms with Crippen LogP contribution in [0, 0.1) is 0 Å². The highest BCUT2D eigenvalue weighted by Gasteiger charge is 2.31. The van der Waals surface area contributed by atoms with Crippen LogP contribution in [0.2, 0.25) is 0 Å². The number of carbonyl (C=O) groups excluding carboxylic acids is 3. The van der Waals surface area contributed by atoms with E-state index in [-0.39, 0.29) is 11.8 Å². The van der Waals surface area contributed by atoms with Crippen molar-refractivity contribution in [3.63, 3.8) is 0 Å². The molecule has 0 spiro atoms. The fourth-order valence-corrected chi connectivity index (χ4v) is 4.58. The molecule has 0 saturated carbocycles. The number of anilines is 2. The quantitative estimate of drug-likeness (QED) is 0.671. The zero-order valence-corrected chi connectivity index (χ0v) is 14.3. The maximum absolute atomic E-state index is 12.5. The van der Waals surface area contributed by atoms with Crippen molar-refractivity contribution in [3.05, 3.63) is 57.8 Å². The van der Waals surface area contributed by atoms with E-state index >= 15 is 0 Å². The first-order chi connectivity index (χ1) is 12.0. The molecule has 2 aliphatic rings. The van der Waals surface area contributed by atoms with Gasteiger partial charge in [0.05, 0.1) is 21.2 Å². The van der Waals surface area contributed by atoms with Crippen LogP contribution in [0.15, 0.2) is 62.1 Å². The molecule has 8 heteroatoms. The molecule has 2 aromatic rings. The van der Waals surface area contributed by atoms with Gasteiger partial charge in [0.2, 0.25) is 5.91 Å². The number of nitrogens with two attached hydrogens (primary N) is 1. The molecule has 2 aromatic carbocycles. The first kappa shape index (κ1) is 15.8. The minimum absolute atomic E-state index is 0.307. The SMILES string of the molecule is NC(=O)c1ccc2c(c1)NC(=O)/C(=C1\Sc3ccccc3NC1=O)S2. The number of thioether (sulfide) groups is 2. The van der Waals surface area contributed by atoms with Gasteiger partial charge in [-0.05, 0) is 30.3 Å². The Morgan fingerprint density at radius 3 is 2.12 bits per heavy atom. The van der Waals surface area contributed by atoms with Gasteiger partial charge in [-0.2, -0.15) is 0 Å². The van der Waals surface area contributed by atoms with Gasteiger partial charge in [0.25, 0.3) is 11.8 Å². The van der Waals surface area contributed by atoms with Crippen molar-refractivity contribution >= 4 is 52.6 Å². The zero-order chi connectivity index (χ0) is 17.6. The highest BCUT2D eigenvalue weighted by Crippen LogP contribution is 2.46. The summed E-state index contributed by atoms with van der Waals surface area (Å²) in [7, 11) is 0. The van der Waals surface area contributed by atoms with Crippen LogP contribution >= 0.6 is 23.5 Å². The fourth-order valence-electron chi connectivity index (χ4n) is 2.50. The second kappa shape index (κ2) is 5.98. The van der Waals surface area contributed by atoms with E-state index in [0.29, 0.717) is 21.1 Å². The molecular formula is C17H11N3O3S2. The van der Waals surface area contributed by atoms with Crippen molar-refractivity contribution in [2.75, 3.05) is 10.6 Å². The molecule has 4 N–H and O–H groups in total. The Hall–Kier alpha value is -2.71. The van der Waals surface area contributed by atoms with Crippen molar-refractivity contribution < 1.29 is 14.4 Å². The van der Waals surface area contributed by atoms with Crippen molar-refractivity contribution in [1.29, 1.82) is 0 Å². The Labute approximate surface area is 151 Å². The summed E-state index contributed by atoms with van der Waals surface area (Å²) in [5.74, 6) is -1.25. The number of para-hydroxylation sites is 1. The topological polar surface area (TPSA) is 101 Å². The predicted molar refractivity (Wildman–Crippen MR) is 97.4 cm³/mol. The Balaban J connectivity index is 1.74. The third-order valence-corrected chi connectivity index (χ3v) is 6.16. The number of nitrogens with one attached hydrogen (secondary N) is 2. The van der Waals surface area contributed by atoms with E-state index in [4.69, 9.17) is 5.73 Å². The molecule has 2 heterocycles. The number of primary amides is 1. The number of rotatable bonds is 1. The van der Waals surface area contributed by atoms with Crippen LogP contribution in [0.1, 0.15) is 10.4 Å². The third kappa shape index (κ3) is 2.79. The summed E-state index contributed by atoms with van der Waals surface area (Å²) in [4.78, 5) is 38.5. The van der Waals surface area contributed by atoms with E-state index in [9.17, 15) is 14.4 Å². The van der Waals surface area contributed by atoms with Gasteiger partial charge in [0.1, 0.15) is 0 Å². The van der Waals surface area contributed by atoms with Gasteiger partial charge in [-0.1, -0.05) is 35.7 Å². The van der Waals surface area contributed by atoms with Crippen LogP contribution in [0.25, 0.3) is 0 Å². The van der Waals surface area contributed by atoms with Crippen LogP contribution in [0.3, 0.4) is 0 Å². The molecular weight excluding hydrogens is 358 g/mol. The van der Waals surface area contributed by atoms with Gasteiger partial charge >= 0.3 is 0 Å². The van der Waals surface area contributed by atoms with E-state index in [1.165, 1.54) is 29.6 Å². The van der Waals surface area contributed by atoms with Crippen LogP contribution in [0.5, 0.6) is 0 Å². The maximum atomic E-state index is 12.5. The molecule has 0 atom stereocenters. The average molecular weight is 369 g/mol. The lowest BCUT2D eigenvalue weighted by atomic mass is 10.2. The smallest absolute Gasteiger partial charge is 0.263 e. The van der Waals surface area contributed by atoms with Crippen LogP contribution in [-0.4, -0.2) is 17.7 Å². The molecule has 0 bridgehead atoms. The third-order valence-electron chi connectivity index (χ3n) is 3.69. The fraction of sp³-hybridized carbons (Fsp3) is 0. The summed E-state index contributed by atoms with van der Waals surface area (Å²) >= 11 is 2.47. The molecule has 124 valence electrons. The van der Waals surface area contributed by atoms with Gasteiger partial charge < -0.3 is 16.4 Å². The van der Waals surface area contributed by atoms with Gasteiger partial charge in [-0.25, -0.2) is 0 Å². The zero-order valence-electron chi connectivity index (χ0n) is 12.7. The monoisotopic (exact) mass is 369 g/mol. The molecule has 0 saturated heterocycles. The second-order valence-corrected chi connectivity index (χ2v) is 7.45. The Morgan fingerprint density at radius 2 is 1.44 bits per heavy atom. The number of amides is 3. The normalized spacial score (nSPS) is 18.7. The van der Waals surface area contributed by atoms with E-state index in [2.05, 4.69) is 10.6 Å². The summed E-state index contributed by atoms with van der Waals surface area (Å²) < 4.78 is 0. The van der Waals surface area contributed by atoms with Crippen molar-refractivity contribution in [3.8, 4) is 0 Å². The lowest BCUT2D eigenvalue weighted by molar-refractivity contribution is -0.114.